The molecule has 0 spiro atoms. The van der Waals surface area contributed by atoms with Gasteiger partial charge < -0.3 is 42.8 Å². The molecule has 76 heavy (non-hydrogen) atoms. The van der Waals surface area contributed by atoms with E-state index >= 15 is 0 Å². The predicted molar refractivity (Wildman–Crippen MR) is 291 cm³/mol. The largest absolute Gasteiger partial charge is 0.496 e. The minimum Gasteiger partial charge on any atom is -0.496 e. The molecule has 12 rings (SSSR count). The minimum absolute atomic E-state index is 0.105. The van der Waals surface area contributed by atoms with Gasteiger partial charge in [0.05, 0.1) is 103 Å². The van der Waals surface area contributed by atoms with Gasteiger partial charge in [0.15, 0.2) is 23.3 Å². The molecule has 2 aliphatic rings. The molecule has 12 heterocycles. The number of amides is 1. The second kappa shape index (κ2) is 19.0. The fourth-order valence-electron chi connectivity index (χ4n) is 11.1. The van der Waals surface area contributed by atoms with Crippen LogP contribution in [0.15, 0.2) is 73.6 Å². The third-order valence-corrected chi connectivity index (χ3v) is 15.3. The number of hydrogen-bond donors (Lipinski definition) is 0. The number of aromatic nitrogens is 12. The summed E-state index contributed by atoms with van der Waals surface area (Å²) in [5, 5.41) is 13.8. The highest BCUT2D eigenvalue weighted by molar-refractivity contribution is 6.05. The van der Waals surface area contributed by atoms with Crippen molar-refractivity contribution in [2.45, 2.75) is 40.2 Å². The van der Waals surface area contributed by atoms with Gasteiger partial charge >= 0.3 is 0 Å². The zero-order chi connectivity index (χ0) is 52.7. The van der Waals surface area contributed by atoms with Gasteiger partial charge in [0.25, 0.3) is 5.91 Å². The highest BCUT2D eigenvalue weighted by Gasteiger charge is 2.31. The van der Waals surface area contributed by atoms with E-state index in [-0.39, 0.29) is 12.0 Å². The van der Waals surface area contributed by atoms with Crippen LogP contribution < -0.4 is 19.3 Å². The number of rotatable bonds is 11. The van der Waals surface area contributed by atoms with Crippen molar-refractivity contribution in [2.75, 3.05) is 84.1 Å². The van der Waals surface area contributed by atoms with Crippen molar-refractivity contribution in [3.05, 3.63) is 107 Å². The molecule has 0 bridgehead atoms. The maximum atomic E-state index is 14.0. The van der Waals surface area contributed by atoms with Crippen LogP contribution in [-0.4, -0.2) is 150 Å². The lowest BCUT2D eigenvalue weighted by molar-refractivity contribution is 0.0405. The number of hydrogen-bond acceptors (Lipinski definition) is 15. The number of fused-ring (bicyclic) bond motifs is 4. The van der Waals surface area contributed by atoms with E-state index in [1.807, 2.05) is 77.6 Å². The summed E-state index contributed by atoms with van der Waals surface area (Å²) in [6.45, 7) is 12.4. The van der Waals surface area contributed by atoms with E-state index < -0.39 is 0 Å². The Bertz CT molecular complexity index is 3940. The minimum atomic E-state index is -0.336. The van der Waals surface area contributed by atoms with E-state index in [0.29, 0.717) is 85.4 Å². The van der Waals surface area contributed by atoms with Crippen LogP contribution in [0.2, 0.25) is 0 Å². The number of ether oxygens (including phenoxy) is 4. The number of pyridine rings is 6. The molecule has 2 aliphatic heterocycles. The standard InChI is InChI=1S/C56H59N15O5/c1-31-34(4)66(7)52-36(31)22-49(63-54(52)68-15-18-75-19-16-68)71-46-25-44(41-27-58-14-12-48(41)74-10)62-42(39(46)29-60-71)21-35-30-69(17-20-76-35)55-53-37(32(2)51(67(53)8)56(72)65(5)6)23-50(64-55)70-45-24-43(61-33(3)38(45)28-59-70)40-26-57-13-11-47(40)73-9/h11-14,22-29,35H,15-21,30H2,1-10H3. The average molecular weight is 1020 g/mol. The molecular weight excluding hydrogens is 963 g/mol. The van der Waals surface area contributed by atoms with Crippen LogP contribution >= 0.6 is 0 Å². The van der Waals surface area contributed by atoms with Crippen LogP contribution in [0.1, 0.15) is 38.7 Å². The first-order valence-electron chi connectivity index (χ1n) is 25.4. The molecule has 10 aromatic rings. The molecule has 0 N–H and O–H groups in total. The molecule has 388 valence electrons. The highest BCUT2D eigenvalue weighted by atomic mass is 16.5. The molecule has 0 aliphatic carbocycles. The quantitative estimate of drug-likeness (QED) is 0.126. The maximum Gasteiger partial charge on any atom is 0.270 e. The number of nitrogens with zero attached hydrogens (tertiary/aromatic N) is 15. The second-order valence-corrected chi connectivity index (χ2v) is 19.8. The van der Waals surface area contributed by atoms with Gasteiger partial charge in [-0.2, -0.15) is 10.2 Å². The summed E-state index contributed by atoms with van der Waals surface area (Å²) in [4.78, 5) is 50.2. The SMILES string of the molecule is COc1ccncc1-c1cc2c(cnn2-c2cc3c(C)c(C(=O)N(C)C)n(C)c3c(N3CCOC(Cc4nc(-c5cnccc5OC)cc5c4cnn5-c4cc5c(C)c(C)n(C)c5c(N5CCOCC5)n4)C3)n2)c(C)n1. The van der Waals surface area contributed by atoms with E-state index in [1.54, 1.807) is 58.0 Å². The van der Waals surface area contributed by atoms with E-state index in [4.69, 9.17) is 49.1 Å². The van der Waals surface area contributed by atoms with Gasteiger partial charge in [0.2, 0.25) is 0 Å². The number of carbonyl (C=O) groups excluding carboxylic acids is 1. The summed E-state index contributed by atoms with van der Waals surface area (Å²) in [6, 6.07) is 11.9. The maximum absolute atomic E-state index is 14.0. The van der Waals surface area contributed by atoms with Crippen LogP contribution in [-0.2, 0) is 30.0 Å². The Morgan fingerprint density at radius 1 is 0.671 bits per heavy atom. The fraction of sp³-hybridized carbons (Fsp3) is 0.339. The Hall–Kier alpha value is -8.49. The van der Waals surface area contributed by atoms with E-state index in [1.165, 1.54) is 11.3 Å². The number of morpholine rings is 2. The molecule has 0 radical (unpaired) electrons. The lowest BCUT2D eigenvalue weighted by Crippen LogP contribution is -2.44. The van der Waals surface area contributed by atoms with Crippen molar-refractivity contribution in [1.29, 1.82) is 0 Å². The molecule has 1 atom stereocenters. The Morgan fingerprint density at radius 2 is 1.24 bits per heavy atom. The zero-order valence-electron chi connectivity index (χ0n) is 44.4. The van der Waals surface area contributed by atoms with Crippen LogP contribution in [0.4, 0.5) is 11.6 Å². The summed E-state index contributed by atoms with van der Waals surface area (Å²) in [5.74, 6) is 4.09. The van der Waals surface area contributed by atoms with Crippen molar-refractivity contribution in [3.8, 4) is 45.6 Å². The zero-order valence-corrected chi connectivity index (χ0v) is 44.4. The molecule has 0 saturated carbocycles. The molecular formula is C56H59N15O5. The van der Waals surface area contributed by atoms with Crippen molar-refractivity contribution < 1.29 is 23.7 Å². The van der Waals surface area contributed by atoms with Crippen molar-refractivity contribution in [2.24, 2.45) is 14.1 Å². The summed E-state index contributed by atoms with van der Waals surface area (Å²) in [5.41, 5.74) is 11.8. The van der Waals surface area contributed by atoms with Crippen LogP contribution in [0.5, 0.6) is 11.5 Å². The Balaban J connectivity index is 0.978. The molecule has 2 saturated heterocycles. The van der Waals surface area contributed by atoms with Crippen molar-refractivity contribution in [3.63, 3.8) is 0 Å². The second-order valence-electron chi connectivity index (χ2n) is 19.8. The molecule has 1 unspecified atom stereocenters. The van der Waals surface area contributed by atoms with Crippen LogP contribution in [0, 0.1) is 27.7 Å². The number of methoxy groups -OCH3 is 2. The van der Waals surface area contributed by atoms with Gasteiger partial charge in [-0.05, 0) is 75.2 Å². The summed E-state index contributed by atoms with van der Waals surface area (Å²) in [6.07, 6.45) is 10.8. The topological polar surface area (TPSA) is 187 Å². The first-order chi connectivity index (χ1) is 36.8. The molecule has 1 amide bonds. The summed E-state index contributed by atoms with van der Waals surface area (Å²) >= 11 is 0. The van der Waals surface area contributed by atoms with E-state index in [2.05, 4.69) is 51.3 Å². The third kappa shape index (κ3) is 7.92. The lowest BCUT2D eigenvalue weighted by Gasteiger charge is -2.34. The first-order valence-corrected chi connectivity index (χ1v) is 25.4. The smallest absolute Gasteiger partial charge is 0.270 e. The average Bonchev–Trinajstić information content (AvgIpc) is 4.29. The van der Waals surface area contributed by atoms with Crippen LogP contribution in [0.25, 0.3) is 77.8 Å². The Morgan fingerprint density at radius 3 is 1.87 bits per heavy atom. The molecule has 20 nitrogen and oxygen atoms in total. The van der Waals surface area contributed by atoms with Crippen LogP contribution in [0.3, 0.4) is 0 Å². The Kier molecular flexibility index (Phi) is 12.1. The number of anilines is 2. The van der Waals surface area contributed by atoms with Gasteiger partial charge in [-0.15, -0.1) is 0 Å². The van der Waals surface area contributed by atoms with Gasteiger partial charge in [-0.25, -0.2) is 19.3 Å². The van der Waals surface area contributed by atoms with Gasteiger partial charge in [0.1, 0.15) is 17.2 Å². The van der Waals surface area contributed by atoms with E-state index in [9.17, 15) is 4.79 Å². The highest BCUT2D eigenvalue weighted by Crippen LogP contribution is 2.39. The third-order valence-electron chi connectivity index (χ3n) is 15.3. The molecule has 10 aromatic heterocycles. The monoisotopic (exact) mass is 1020 g/mol. The van der Waals surface area contributed by atoms with Crippen molar-refractivity contribution in [1.82, 2.24) is 63.5 Å². The normalized spacial score (nSPS) is 15.2. The van der Waals surface area contributed by atoms with Gasteiger partial charge in [-0.3, -0.25) is 24.7 Å². The molecule has 0 aromatic carbocycles. The van der Waals surface area contributed by atoms with Crippen molar-refractivity contribution >= 4 is 61.2 Å². The molecule has 2 fully saturated rings. The number of carbonyl (C=O) groups is 1. The lowest BCUT2D eigenvalue weighted by atomic mass is 10.1. The van der Waals surface area contributed by atoms with Gasteiger partial charge in [0, 0.05) is 119 Å². The van der Waals surface area contributed by atoms with Gasteiger partial charge in [-0.1, -0.05) is 0 Å². The fourth-order valence-corrected chi connectivity index (χ4v) is 11.1. The predicted octanol–water partition coefficient (Wildman–Crippen LogP) is 7.29. The first kappa shape index (κ1) is 48.4. The number of aryl methyl sites for hydroxylation is 5. The summed E-state index contributed by atoms with van der Waals surface area (Å²) in [7, 11) is 10.9. The van der Waals surface area contributed by atoms with E-state index in [0.717, 1.165) is 90.6 Å². The molecule has 20 heteroatoms. The Labute approximate surface area is 438 Å². The summed E-state index contributed by atoms with van der Waals surface area (Å²) < 4.78 is 32.1.